The highest BCUT2D eigenvalue weighted by molar-refractivity contribution is 6.99. The van der Waals surface area contributed by atoms with Gasteiger partial charge >= 0.3 is 11.9 Å². The molecule has 1 saturated heterocycles. The van der Waals surface area contributed by atoms with Crippen LogP contribution < -0.4 is 10.4 Å². The molecule has 2 fully saturated rings. The van der Waals surface area contributed by atoms with Crippen LogP contribution in [0.4, 0.5) is 0 Å². The van der Waals surface area contributed by atoms with Crippen molar-refractivity contribution in [3.05, 3.63) is 72.8 Å². The fourth-order valence-corrected chi connectivity index (χ4v) is 11.2. The molecule has 0 N–H and O–H groups in total. The van der Waals surface area contributed by atoms with E-state index in [1.54, 1.807) is 0 Å². The lowest BCUT2D eigenvalue weighted by atomic mass is 9.71. The van der Waals surface area contributed by atoms with Crippen LogP contribution >= 0.6 is 0 Å². The third-order valence-corrected chi connectivity index (χ3v) is 13.0. The molecule has 3 atom stereocenters. The zero-order valence-electron chi connectivity index (χ0n) is 24.9. The van der Waals surface area contributed by atoms with Gasteiger partial charge in [0.1, 0.15) is 11.7 Å². The summed E-state index contributed by atoms with van der Waals surface area (Å²) in [6.07, 6.45) is -0.829. The molecule has 1 aliphatic heterocycles. The van der Waals surface area contributed by atoms with Crippen molar-refractivity contribution in [2.45, 2.75) is 103 Å². The van der Waals surface area contributed by atoms with Gasteiger partial charge in [-0.2, -0.15) is 0 Å². The van der Waals surface area contributed by atoms with Crippen molar-refractivity contribution in [2.24, 2.45) is 0 Å². The standard InChI is InChI=1S/C32H42O7Si/c1-10-31-22(2)32(35-23(3)33,36-24(4)34)21-27(28(31)37-30(8,9)39-31)38-40(29(5,6)7,25-17-13-11-14-18-25)26-19-15-12-16-20-26/h11-20,27-28H,2,10,21H2,1,3-9H3. The lowest BCUT2D eigenvalue weighted by Gasteiger charge is -2.53. The number of ether oxygens (including phenoxy) is 4. The number of fused-ring (bicyclic) bond motifs is 1. The van der Waals surface area contributed by atoms with Crippen LogP contribution in [0.5, 0.6) is 0 Å². The molecule has 1 aliphatic carbocycles. The summed E-state index contributed by atoms with van der Waals surface area (Å²) in [5.41, 5.74) is -0.798. The highest BCUT2D eigenvalue weighted by atomic mass is 28.4. The molecule has 0 spiro atoms. The van der Waals surface area contributed by atoms with E-state index in [4.69, 9.17) is 23.4 Å². The first kappa shape index (κ1) is 30.2. The van der Waals surface area contributed by atoms with E-state index in [0.717, 1.165) is 10.4 Å². The Morgan fingerprint density at radius 3 is 1.82 bits per heavy atom. The van der Waals surface area contributed by atoms with Gasteiger partial charge in [0.15, 0.2) is 5.79 Å². The molecule has 0 amide bonds. The zero-order chi connectivity index (χ0) is 29.6. The van der Waals surface area contributed by atoms with Crippen molar-refractivity contribution in [3.63, 3.8) is 0 Å². The van der Waals surface area contributed by atoms with Gasteiger partial charge in [-0.1, -0.05) is 94.9 Å². The van der Waals surface area contributed by atoms with Crippen molar-refractivity contribution in [1.29, 1.82) is 0 Å². The van der Waals surface area contributed by atoms with Crippen LogP contribution in [0.1, 0.15) is 68.2 Å². The first-order valence-electron chi connectivity index (χ1n) is 13.9. The van der Waals surface area contributed by atoms with Gasteiger partial charge in [0, 0.05) is 19.4 Å². The van der Waals surface area contributed by atoms with E-state index in [1.165, 1.54) is 13.8 Å². The molecular formula is C32H42O7Si. The van der Waals surface area contributed by atoms with Crippen LogP contribution in [-0.4, -0.2) is 49.6 Å². The van der Waals surface area contributed by atoms with E-state index >= 15 is 0 Å². The molecule has 2 aromatic rings. The number of rotatable bonds is 7. The van der Waals surface area contributed by atoms with Crippen LogP contribution in [0.25, 0.3) is 0 Å². The topological polar surface area (TPSA) is 80.3 Å². The maximum absolute atomic E-state index is 12.5. The molecule has 3 unspecified atom stereocenters. The second-order valence-electron chi connectivity index (χ2n) is 12.2. The lowest BCUT2D eigenvalue weighted by Crippen LogP contribution is -2.71. The SMILES string of the molecule is C=C1C(OC(C)=O)(OC(C)=O)CC(O[Si](c2ccccc2)(c2ccccc2)C(C)(C)C)C2OC(C)(C)OC12CC. The highest BCUT2D eigenvalue weighted by Gasteiger charge is 2.69. The molecule has 0 bridgehead atoms. The molecule has 216 valence electrons. The van der Waals surface area contributed by atoms with E-state index in [-0.39, 0.29) is 11.5 Å². The summed E-state index contributed by atoms with van der Waals surface area (Å²) >= 11 is 0. The third-order valence-electron chi connectivity index (χ3n) is 7.96. The van der Waals surface area contributed by atoms with E-state index in [9.17, 15) is 9.59 Å². The minimum atomic E-state index is -3.10. The summed E-state index contributed by atoms with van der Waals surface area (Å²) in [5, 5.41) is 1.84. The van der Waals surface area contributed by atoms with Gasteiger partial charge in [0.05, 0.1) is 12.5 Å². The van der Waals surface area contributed by atoms with E-state index < -0.39 is 49.6 Å². The van der Waals surface area contributed by atoms with Crippen LogP contribution in [-0.2, 0) is 33.0 Å². The predicted octanol–water partition coefficient (Wildman–Crippen LogP) is 5.01. The van der Waals surface area contributed by atoms with Crippen LogP contribution in [0, 0.1) is 0 Å². The number of esters is 2. The summed E-state index contributed by atoms with van der Waals surface area (Å²) in [7, 11) is -3.10. The van der Waals surface area contributed by atoms with Gasteiger partial charge in [0.25, 0.3) is 14.1 Å². The molecule has 2 aromatic carbocycles. The monoisotopic (exact) mass is 566 g/mol. The van der Waals surface area contributed by atoms with Crippen LogP contribution in [0.15, 0.2) is 72.8 Å². The fourth-order valence-electron chi connectivity index (χ4n) is 6.55. The Balaban J connectivity index is 1.99. The van der Waals surface area contributed by atoms with Crippen molar-refractivity contribution < 1.29 is 33.0 Å². The average Bonchev–Trinajstić information content (AvgIpc) is 3.17. The maximum Gasteiger partial charge on any atom is 0.306 e. The second kappa shape index (κ2) is 10.6. The molecule has 0 aromatic heterocycles. The van der Waals surface area contributed by atoms with Crippen molar-refractivity contribution in [3.8, 4) is 0 Å². The highest BCUT2D eigenvalue weighted by Crippen LogP contribution is 2.55. The van der Waals surface area contributed by atoms with Crippen molar-refractivity contribution in [2.75, 3.05) is 0 Å². The molecule has 8 heteroatoms. The number of benzene rings is 2. The Hall–Kier alpha value is -2.78. The molecule has 40 heavy (non-hydrogen) atoms. The number of hydrogen-bond donors (Lipinski definition) is 0. The van der Waals surface area contributed by atoms with Crippen LogP contribution in [0.3, 0.4) is 0 Å². The summed E-state index contributed by atoms with van der Waals surface area (Å²) in [6.45, 7) is 19.1. The molecule has 4 rings (SSSR count). The third kappa shape index (κ3) is 5.07. The summed E-state index contributed by atoms with van der Waals surface area (Å²) in [5.74, 6) is -3.98. The molecular weight excluding hydrogens is 524 g/mol. The number of hydrogen-bond acceptors (Lipinski definition) is 7. The Morgan fingerprint density at radius 1 is 0.950 bits per heavy atom. The molecule has 7 nitrogen and oxygen atoms in total. The van der Waals surface area contributed by atoms with E-state index in [2.05, 4.69) is 51.6 Å². The Bertz CT molecular complexity index is 1200. The fraction of sp³-hybridized carbons (Fsp3) is 0.500. The zero-order valence-corrected chi connectivity index (χ0v) is 25.9. The minimum Gasteiger partial charge on any atom is -0.418 e. The summed E-state index contributed by atoms with van der Waals surface area (Å²) in [4.78, 5) is 25.0. The van der Waals surface area contributed by atoms with Crippen LogP contribution in [0.2, 0.25) is 5.04 Å². The lowest BCUT2D eigenvalue weighted by molar-refractivity contribution is -0.241. The predicted molar refractivity (Wildman–Crippen MR) is 156 cm³/mol. The largest absolute Gasteiger partial charge is 0.418 e. The Morgan fingerprint density at radius 2 is 1.43 bits per heavy atom. The quantitative estimate of drug-likeness (QED) is 0.202. The van der Waals surface area contributed by atoms with E-state index in [0.29, 0.717) is 12.0 Å². The van der Waals surface area contributed by atoms with Gasteiger partial charge in [-0.05, 0) is 35.7 Å². The van der Waals surface area contributed by atoms with Gasteiger partial charge in [-0.15, -0.1) is 0 Å². The van der Waals surface area contributed by atoms with Gasteiger partial charge in [-0.25, -0.2) is 0 Å². The number of carbonyl (C=O) groups excluding carboxylic acids is 2. The Labute approximate surface area is 238 Å². The van der Waals surface area contributed by atoms with Gasteiger partial charge in [-0.3, -0.25) is 9.59 Å². The minimum absolute atomic E-state index is 0.0152. The second-order valence-corrected chi connectivity index (χ2v) is 16.5. The average molecular weight is 567 g/mol. The smallest absolute Gasteiger partial charge is 0.306 e. The summed E-state index contributed by atoms with van der Waals surface area (Å²) < 4.78 is 32.4. The normalized spacial score (nSPS) is 25.6. The maximum atomic E-state index is 12.5. The van der Waals surface area contributed by atoms with E-state index in [1.807, 2.05) is 57.2 Å². The first-order valence-corrected chi connectivity index (χ1v) is 15.8. The molecule has 1 saturated carbocycles. The molecule has 1 heterocycles. The Kier molecular flexibility index (Phi) is 7.97. The number of carbonyl (C=O) groups is 2. The first-order chi connectivity index (χ1) is 18.6. The summed E-state index contributed by atoms with van der Waals surface area (Å²) in [6, 6.07) is 20.5. The van der Waals surface area contributed by atoms with Gasteiger partial charge < -0.3 is 23.4 Å². The molecule has 2 aliphatic rings. The van der Waals surface area contributed by atoms with Crippen molar-refractivity contribution in [1.82, 2.24) is 0 Å². The van der Waals surface area contributed by atoms with Crippen molar-refractivity contribution >= 4 is 30.6 Å². The van der Waals surface area contributed by atoms with Gasteiger partial charge in [0.2, 0.25) is 0 Å². The molecule has 0 radical (unpaired) electrons.